The lowest BCUT2D eigenvalue weighted by atomic mass is 9.99. The lowest BCUT2D eigenvalue weighted by molar-refractivity contribution is -0.143. The lowest BCUT2D eigenvalue weighted by Crippen LogP contribution is -2.53. The number of fused-ring (bicyclic) bond motifs is 2. The molecule has 1 saturated heterocycles. The van der Waals surface area contributed by atoms with E-state index >= 15 is 0 Å². The smallest absolute Gasteiger partial charge is 0.320 e. The minimum atomic E-state index is -0.760. The largest absolute Gasteiger partial charge is 0.480 e. The fraction of sp³-hybridized carbons (Fsp3) is 0.333. The third kappa shape index (κ3) is 3.10. The van der Waals surface area contributed by atoms with Crippen molar-refractivity contribution in [3.05, 3.63) is 65.2 Å². The monoisotopic (exact) mass is 349 g/mol. The van der Waals surface area contributed by atoms with Crippen molar-refractivity contribution in [3.8, 4) is 0 Å². The Kier molecular flexibility index (Phi) is 4.47. The Morgan fingerprint density at radius 1 is 1.00 bits per heavy atom. The maximum Gasteiger partial charge on any atom is 0.320 e. The molecule has 2 heterocycles. The van der Waals surface area contributed by atoms with Gasteiger partial charge in [0, 0.05) is 38.2 Å². The van der Waals surface area contributed by atoms with Gasteiger partial charge < -0.3 is 10.0 Å². The normalized spacial score (nSPS) is 18.3. The molecule has 1 unspecified atom stereocenters. The Balaban J connectivity index is 1.65. The first-order valence-corrected chi connectivity index (χ1v) is 9.10. The molecule has 2 aliphatic rings. The quantitative estimate of drug-likeness (QED) is 0.906. The number of aliphatic carboxylic acids is 1. The van der Waals surface area contributed by atoms with Gasteiger partial charge in [-0.3, -0.25) is 9.69 Å². The zero-order valence-electron chi connectivity index (χ0n) is 14.9. The van der Waals surface area contributed by atoms with Crippen LogP contribution in [0.25, 0.3) is 0 Å². The van der Waals surface area contributed by atoms with Gasteiger partial charge in [0.2, 0.25) is 0 Å². The number of carboxylic acids is 1. The van der Waals surface area contributed by atoms with Crippen molar-refractivity contribution in [2.75, 3.05) is 26.2 Å². The van der Waals surface area contributed by atoms with E-state index in [1.54, 1.807) is 6.92 Å². The van der Waals surface area contributed by atoms with Crippen molar-refractivity contribution in [2.45, 2.75) is 19.4 Å². The highest BCUT2D eigenvalue weighted by atomic mass is 16.4. The molecule has 2 aromatic carbocycles. The van der Waals surface area contributed by atoms with Gasteiger partial charge in [-0.1, -0.05) is 42.5 Å². The number of piperazine rings is 1. The first-order chi connectivity index (χ1) is 12.6. The summed E-state index contributed by atoms with van der Waals surface area (Å²) >= 11 is 0. The van der Waals surface area contributed by atoms with Crippen LogP contribution < -0.4 is 0 Å². The Hall–Kier alpha value is -2.66. The zero-order chi connectivity index (χ0) is 18.1. The molecule has 2 aromatic rings. The molecule has 5 heteroatoms. The summed E-state index contributed by atoms with van der Waals surface area (Å²) < 4.78 is 0. The molecular formula is C21H23N3O2. The molecule has 0 radical (unpaired) electrons. The van der Waals surface area contributed by atoms with Crippen molar-refractivity contribution >= 4 is 17.5 Å². The third-order valence-electron chi connectivity index (χ3n) is 5.38. The van der Waals surface area contributed by atoms with E-state index in [2.05, 4.69) is 47.4 Å². The van der Waals surface area contributed by atoms with E-state index in [0.29, 0.717) is 0 Å². The van der Waals surface area contributed by atoms with Crippen LogP contribution in [0.15, 0.2) is 53.5 Å². The van der Waals surface area contributed by atoms with Gasteiger partial charge in [-0.05, 0) is 24.1 Å². The average molecular weight is 349 g/mol. The highest BCUT2D eigenvalue weighted by Crippen LogP contribution is 2.29. The molecule has 0 bridgehead atoms. The van der Waals surface area contributed by atoms with E-state index in [1.807, 2.05) is 11.0 Å². The summed E-state index contributed by atoms with van der Waals surface area (Å²) in [6, 6.07) is 16.3. The number of carboxylic acid groups (broad SMARTS) is 1. The third-order valence-corrected chi connectivity index (χ3v) is 5.38. The van der Waals surface area contributed by atoms with Crippen LogP contribution in [0.2, 0.25) is 0 Å². The van der Waals surface area contributed by atoms with Gasteiger partial charge in [0.05, 0.1) is 5.69 Å². The molecule has 1 fully saturated rings. The van der Waals surface area contributed by atoms with Crippen LogP contribution in [0.4, 0.5) is 5.69 Å². The van der Waals surface area contributed by atoms with E-state index in [-0.39, 0.29) is 0 Å². The molecule has 4 rings (SSSR count). The highest BCUT2D eigenvalue weighted by molar-refractivity contribution is 6.02. The van der Waals surface area contributed by atoms with Gasteiger partial charge in [0.15, 0.2) is 0 Å². The lowest BCUT2D eigenvalue weighted by Gasteiger charge is -2.38. The summed E-state index contributed by atoms with van der Waals surface area (Å²) in [5, 5.41) is 9.25. The number of para-hydroxylation sites is 1. The van der Waals surface area contributed by atoms with Gasteiger partial charge in [-0.15, -0.1) is 0 Å². The van der Waals surface area contributed by atoms with E-state index in [9.17, 15) is 9.90 Å². The van der Waals surface area contributed by atoms with Gasteiger partial charge in [-0.25, -0.2) is 4.99 Å². The highest BCUT2D eigenvalue weighted by Gasteiger charge is 2.28. The first kappa shape index (κ1) is 16.8. The fourth-order valence-electron chi connectivity index (χ4n) is 3.76. The number of amidine groups is 1. The molecule has 26 heavy (non-hydrogen) atoms. The predicted molar refractivity (Wildman–Crippen MR) is 102 cm³/mol. The summed E-state index contributed by atoms with van der Waals surface area (Å²) in [4.78, 5) is 20.6. The number of rotatable bonds is 2. The minimum Gasteiger partial charge on any atom is -0.480 e. The molecule has 5 nitrogen and oxygen atoms in total. The van der Waals surface area contributed by atoms with Gasteiger partial charge in [0.1, 0.15) is 11.9 Å². The van der Waals surface area contributed by atoms with Crippen LogP contribution in [0.3, 0.4) is 0 Å². The zero-order valence-corrected chi connectivity index (χ0v) is 14.9. The number of aliphatic imine (C=N–C) groups is 1. The maximum atomic E-state index is 11.2. The van der Waals surface area contributed by atoms with Crippen LogP contribution in [-0.4, -0.2) is 58.9 Å². The average Bonchev–Trinajstić information content (AvgIpc) is 2.84. The van der Waals surface area contributed by atoms with Crippen molar-refractivity contribution in [1.82, 2.24) is 9.80 Å². The molecule has 0 amide bonds. The van der Waals surface area contributed by atoms with Gasteiger partial charge in [-0.2, -0.15) is 0 Å². The number of benzene rings is 2. The minimum absolute atomic E-state index is 0.443. The van der Waals surface area contributed by atoms with Crippen molar-refractivity contribution in [3.63, 3.8) is 0 Å². The molecule has 1 N–H and O–H groups in total. The van der Waals surface area contributed by atoms with Crippen LogP contribution in [0, 0.1) is 0 Å². The number of nitrogens with zero attached hydrogens (tertiary/aromatic N) is 3. The summed E-state index contributed by atoms with van der Waals surface area (Å²) in [5.41, 5.74) is 4.74. The first-order valence-electron chi connectivity index (χ1n) is 9.10. The van der Waals surface area contributed by atoms with E-state index < -0.39 is 12.0 Å². The SMILES string of the molecule is CC(C(=O)O)N1CCN(C2=Nc3ccccc3Cc3ccccc32)CC1. The molecule has 0 saturated carbocycles. The van der Waals surface area contributed by atoms with Crippen LogP contribution in [0.5, 0.6) is 0 Å². The van der Waals surface area contributed by atoms with Crippen molar-refractivity contribution in [2.24, 2.45) is 4.99 Å². The van der Waals surface area contributed by atoms with Crippen LogP contribution >= 0.6 is 0 Å². The number of hydrogen-bond donors (Lipinski definition) is 1. The summed E-state index contributed by atoms with van der Waals surface area (Å²) in [6.07, 6.45) is 0.884. The fourth-order valence-corrected chi connectivity index (χ4v) is 3.76. The number of hydrogen-bond acceptors (Lipinski definition) is 4. The molecule has 0 aromatic heterocycles. The van der Waals surface area contributed by atoms with Crippen molar-refractivity contribution < 1.29 is 9.90 Å². The second kappa shape index (κ2) is 6.92. The van der Waals surface area contributed by atoms with E-state index in [0.717, 1.165) is 44.1 Å². The van der Waals surface area contributed by atoms with Crippen LogP contribution in [-0.2, 0) is 11.2 Å². The van der Waals surface area contributed by atoms with Crippen molar-refractivity contribution in [1.29, 1.82) is 0 Å². The number of carbonyl (C=O) groups is 1. The molecule has 0 spiro atoms. The van der Waals surface area contributed by atoms with E-state index in [4.69, 9.17) is 4.99 Å². The topological polar surface area (TPSA) is 56.1 Å². The summed E-state index contributed by atoms with van der Waals surface area (Å²) in [7, 11) is 0. The second-order valence-electron chi connectivity index (χ2n) is 6.94. The molecular weight excluding hydrogens is 326 g/mol. The summed E-state index contributed by atoms with van der Waals surface area (Å²) in [6.45, 7) is 4.79. The molecule has 2 aliphatic heterocycles. The maximum absolute atomic E-state index is 11.2. The Labute approximate surface area is 153 Å². The summed E-state index contributed by atoms with van der Waals surface area (Å²) in [5.74, 6) is 0.248. The van der Waals surface area contributed by atoms with Gasteiger partial charge >= 0.3 is 5.97 Å². The standard InChI is InChI=1S/C21H23N3O2/c1-15(21(25)26)23-10-12-24(13-11-23)20-18-8-4-2-6-16(18)14-17-7-3-5-9-19(17)22-20/h2-9,15H,10-14H2,1H3,(H,25,26). The molecule has 134 valence electrons. The van der Waals surface area contributed by atoms with Gasteiger partial charge in [0.25, 0.3) is 0 Å². The molecule has 1 atom stereocenters. The van der Waals surface area contributed by atoms with Crippen LogP contribution in [0.1, 0.15) is 23.6 Å². The predicted octanol–water partition coefficient (Wildman–Crippen LogP) is 2.76. The Morgan fingerprint density at radius 2 is 1.65 bits per heavy atom. The Bertz CT molecular complexity index is 854. The molecule has 0 aliphatic carbocycles. The Morgan fingerprint density at radius 3 is 2.38 bits per heavy atom. The second-order valence-corrected chi connectivity index (χ2v) is 6.94. The van der Waals surface area contributed by atoms with E-state index in [1.165, 1.54) is 16.7 Å².